The molecule has 1 nitrogen and oxygen atoms in total. The Labute approximate surface area is 128 Å². The maximum atomic E-state index is 3.73. The summed E-state index contributed by atoms with van der Waals surface area (Å²) in [6.07, 6.45) is 2.38. The van der Waals surface area contributed by atoms with Gasteiger partial charge in [-0.1, -0.05) is 39.3 Å². The summed E-state index contributed by atoms with van der Waals surface area (Å²) in [6.45, 7) is 7.92. The molecule has 2 atom stereocenters. The van der Waals surface area contributed by atoms with Crippen LogP contribution in [0.3, 0.4) is 0 Å². The van der Waals surface area contributed by atoms with Gasteiger partial charge >= 0.3 is 0 Å². The van der Waals surface area contributed by atoms with Gasteiger partial charge in [0.15, 0.2) is 0 Å². The third kappa shape index (κ3) is 3.21. The Morgan fingerprint density at radius 3 is 2.79 bits per heavy atom. The third-order valence-corrected chi connectivity index (χ3v) is 5.71. The lowest BCUT2D eigenvalue weighted by Gasteiger charge is -2.24. The van der Waals surface area contributed by atoms with E-state index < -0.39 is 0 Å². The fourth-order valence-electron chi connectivity index (χ4n) is 2.44. The van der Waals surface area contributed by atoms with Crippen LogP contribution in [0.5, 0.6) is 0 Å². The van der Waals surface area contributed by atoms with Gasteiger partial charge in [0.25, 0.3) is 0 Å². The molecule has 0 radical (unpaired) electrons. The standard InChI is InChI=1S/C16H22BrNS/c1-4-9-18-15(11(3)5-2)13-10-19-16-12(13)7-6-8-14(16)17/h6-8,10-11,15,18H,4-5,9H2,1-3H3. The minimum Gasteiger partial charge on any atom is -0.310 e. The summed E-state index contributed by atoms with van der Waals surface area (Å²) in [5.74, 6) is 0.656. The molecule has 3 heteroatoms. The normalized spacial score (nSPS) is 14.7. The highest BCUT2D eigenvalue weighted by molar-refractivity contribution is 9.10. The lowest BCUT2D eigenvalue weighted by Crippen LogP contribution is -2.27. The first-order chi connectivity index (χ1) is 9.19. The van der Waals surface area contributed by atoms with Crippen molar-refractivity contribution < 1.29 is 0 Å². The minimum atomic E-state index is 0.466. The maximum Gasteiger partial charge on any atom is 0.0488 e. The van der Waals surface area contributed by atoms with Crippen molar-refractivity contribution in [2.45, 2.75) is 39.7 Å². The van der Waals surface area contributed by atoms with Gasteiger partial charge in [0.2, 0.25) is 0 Å². The Kier molecular flexibility index (Phi) is 5.43. The van der Waals surface area contributed by atoms with Gasteiger partial charge in [0.05, 0.1) is 0 Å². The summed E-state index contributed by atoms with van der Waals surface area (Å²) >= 11 is 5.50. The van der Waals surface area contributed by atoms with Gasteiger partial charge in [0.1, 0.15) is 0 Å². The van der Waals surface area contributed by atoms with Crippen LogP contribution in [0.25, 0.3) is 10.1 Å². The van der Waals surface area contributed by atoms with Gasteiger partial charge in [-0.25, -0.2) is 0 Å². The van der Waals surface area contributed by atoms with Gasteiger partial charge in [0, 0.05) is 15.2 Å². The van der Waals surface area contributed by atoms with E-state index >= 15 is 0 Å². The highest BCUT2D eigenvalue weighted by atomic mass is 79.9. The molecule has 1 aromatic carbocycles. The molecule has 0 fully saturated rings. The van der Waals surface area contributed by atoms with Crippen LogP contribution in [-0.2, 0) is 0 Å². The van der Waals surface area contributed by atoms with E-state index in [2.05, 4.69) is 65.6 Å². The number of hydrogen-bond donors (Lipinski definition) is 1. The fraction of sp³-hybridized carbons (Fsp3) is 0.500. The smallest absolute Gasteiger partial charge is 0.0488 e. The van der Waals surface area contributed by atoms with E-state index in [1.807, 2.05) is 11.3 Å². The minimum absolute atomic E-state index is 0.466. The largest absolute Gasteiger partial charge is 0.310 e. The zero-order valence-electron chi connectivity index (χ0n) is 11.9. The summed E-state index contributed by atoms with van der Waals surface area (Å²) in [6, 6.07) is 6.97. The summed E-state index contributed by atoms with van der Waals surface area (Å²) in [4.78, 5) is 0. The molecule has 0 aliphatic rings. The van der Waals surface area contributed by atoms with Gasteiger partial charge in [-0.3, -0.25) is 0 Å². The molecule has 0 aliphatic carbocycles. The molecule has 0 saturated carbocycles. The van der Waals surface area contributed by atoms with E-state index in [1.165, 1.54) is 33.0 Å². The van der Waals surface area contributed by atoms with E-state index in [4.69, 9.17) is 0 Å². The Morgan fingerprint density at radius 1 is 1.32 bits per heavy atom. The number of halogens is 1. The van der Waals surface area contributed by atoms with Crippen molar-refractivity contribution in [3.63, 3.8) is 0 Å². The molecule has 104 valence electrons. The van der Waals surface area contributed by atoms with Crippen molar-refractivity contribution in [2.75, 3.05) is 6.54 Å². The first-order valence-corrected chi connectivity index (χ1v) is 8.75. The van der Waals surface area contributed by atoms with Crippen molar-refractivity contribution >= 4 is 37.4 Å². The Morgan fingerprint density at radius 2 is 2.11 bits per heavy atom. The van der Waals surface area contributed by atoms with Crippen LogP contribution in [0.15, 0.2) is 28.1 Å². The van der Waals surface area contributed by atoms with E-state index in [9.17, 15) is 0 Å². The molecule has 1 aromatic heterocycles. The average Bonchev–Trinajstić information content (AvgIpc) is 2.84. The molecule has 2 aromatic rings. The Bertz CT molecular complexity index is 535. The SMILES string of the molecule is CCCNC(c1csc2c(Br)cccc12)C(C)CC. The third-order valence-electron chi connectivity index (χ3n) is 3.74. The summed E-state index contributed by atoms with van der Waals surface area (Å²) < 4.78 is 2.57. The molecular formula is C16H22BrNS. The molecule has 2 unspecified atom stereocenters. The van der Waals surface area contributed by atoms with Crippen molar-refractivity contribution in [3.8, 4) is 0 Å². The van der Waals surface area contributed by atoms with E-state index in [0.717, 1.165) is 6.54 Å². The molecule has 0 aliphatic heterocycles. The van der Waals surface area contributed by atoms with Crippen LogP contribution < -0.4 is 5.32 Å². The topological polar surface area (TPSA) is 12.0 Å². The summed E-state index contributed by atoms with van der Waals surface area (Å²) in [7, 11) is 0. The Hall–Kier alpha value is -0.380. The number of nitrogens with one attached hydrogen (secondary N) is 1. The fourth-order valence-corrected chi connectivity index (χ4v) is 4.09. The van der Waals surface area contributed by atoms with Crippen LogP contribution in [0.2, 0.25) is 0 Å². The van der Waals surface area contributed by atoms with Crippen LogP contribution in [0.1, 0.15) is 45.2 Å². The maximum absolute atomic E-state index is 3.73. The lowest BCUT2D eigenvalue weighted by atomic mass is 9.92. The van der Waals surface area contributed by atoms with Crippen molar-refractivity contribution in [1.82, 2.24) is 5.32 Å². The average molecular weight is 340 g/mol. The summed E-state index contributed by atoms with van der Waals surface area (Å²) in [5, 5.41) is 7.45. The zero-order chi connectivity index (χ0) is 13.8. The molecule has 0 bridgehead atoms. The first kappa shape index (κ1) is 15.0. The van der Waals surface area contributed by atoms with Crippen molar-refractivity contribution in [3.05, 3.63) is 33.6 Å². The molecule has 1 N–H and O–H groups in total. The Balaban J connectivity index is 2.41. The van der Waals surface area contributed by atoms with E-state index in [1.54, 1.807) is 0 Å². The molecule has 19 heavy (non-hydrogen) atoms. The predicted molar refractivity (Wildman–Crippen MR) is 90.0 cm³/mol. The quantitative estimate of drug-likeness (QED) is 0.706. The van der Waals surface area contributed by atoms with Gasteiger partial charge in [-0.2, -0.15) is 0 Å². The predicted octanol–water partition coefficient (Wildman–Crippen LogP) is 5.75. The van der Waals surface area contributed by atoms with Crippen LogP contribution in [0.4, 0.5) is 0 Å². The van der Waals surface area contributed by atoms with Gasteiger partial charge in [-0.05, 0) is 57.2 Å². The molecule has 0 amide bonds. The second-order valence-electron chi connectivity index (χ2n) is 5.12. The van der Waals surface area contributed by atoms with Crippen molar-refractivity contribution in [2.24, 2.45) is 5.92 Å². The first-order valence-electron chi connectivity index (χ1n) is 7.08. The highest BCUT2D eigenvalue weighted by Gasteiger charge is 2.20. The second-order valence-corrected chi connectivity index (χ2v) is 6.86. The lowest BCUT2D eigenvalue weighted by molar-refractivity contribution is 0.380. The van der Waals surface area contributed by atoms with Gasteiger partial charge < -0.3 is 5.32 Å². The second kappa shape index (κ2) is 6.87. The van der Waals surface area contributed by atoms with Gasteiger partial charge in [-0.15, -0.1) is 11.3 Å². The number of benzene rings is 1. The highest BCUT2D eigenvalue weighted by Crippen LogP contribution is 2.37. The van der Waals surface area contributed by atoms with E-state index in [-0.39, 0.29) is 0 Å². The number of fused-ring (bicyclic) bond motifs is 1. The zero-order valence-corrected chi connectivity index (χ0v) is 14.3. The molecular weight excluding hydrogens is 318 g/mol. The molecule has 2 rings (SSSR count). The van der Waals surface area contributed by atoms with Crippen LogP contribution in [-0.4, -0.2) is 6.54 Å². The van der Waals surface area contributed by atoms with E-state index in [0.29, 0.717) is 12.0 Å². The number of thiophene rings is 1. The molecule has 1 heterocycles. The van der Waals surface area contributed by atoms with Crippen molar-refractivity contribution in [1.29, 1.82) is 0 Å². The van der Waals surface area contributed by atoms with Crippen LogP contribution >= 0.6 is 27.3 Å². The molecule has 0 saturated heterocycles. The molecule has 0 spiro atoms. The van der Waals surface area contributed by atoms with Crippen LogP contribution in [0, 0.1) is 5.92 Å². The number of rotatable bonds is 6. The monoisotopic (exact) mass is 339 g/mol. The number of hydrogen-bond acceptors (Lipinski definition) is 2. The summed E-state index contributed by atoms with van der Waals surface area (Å²) in [5.41, 5.74) is 1.46.